The second kappa shape index (κ2) is 9.75. The molecular formula is C19H32N4O2. The zero-order valence-corrected chi connectivity index (χ0v) is 15.7. The van der Waals surface area contributed by atoms with Crippen molar-refractivity contribution in [3.8, 4) is 0 Å². The molecular weight excluding hydrogens is 316 g/mol. The van der Waals surface area contributed by atoms with Crippen LogP contribution >= 0.6 is 0 Å². The third kappa shape index (κ3) is 7.02. The van der Waals surface area contributed by atoms with Gasteiger partial charge in [-0.15, -0.1) is 0 Å². The number of carbonyl (C=O) groups is 1. The SMILES string of the molecule is Cc1cccc(CCNC(=O)N(C)CC(O)CN2CCN(C)CC2)c1. The van der Waals surface area contributed by atoms with E-state index in [0.717, 1.165) is 32.6 Å². The number of nitrogens with one attached hydrogen (secondary N) is 1. The number of piperazine rings is 1. The summed E-state index contributed by atoms with van der Waals surface area (Å²) in [6.07, 6.45) is 0.293. The molecule has 6 heteroatoms. The Bertz CT molecular complexity index is 544. The van der Waals surface area contributed by atoms with E-state index in [-0.39, 0.29) is 6.03 Å². The van der Waals surface area contributed by atoms with E-state index in [4.69, 9.17) is 0 Å². The molecule has 0 radical (unpaired) electrons. The highest BCUT2D eigenvalue weighted by Gasteiger charge is 2.19. The highest BCUT2D eigenvalue weighted by Crippen LogP contribution is 2.04. The van der Waals surface area contributed by atoms with Gasteiger partial charge < -0.3 is 20.2 Å². The summed E-state index contributed by atoms with van der Waals surface area (Å²) in [7, 11) is 3.85. The number of benzene rings is 1. The van der Waals surface area contributed by atoms with Gasteiger partial charge in [0.2, 0.25) is 0 Å². The van der Waals surface area contributed by atoms with Gasteiger partial charge >= 0.3 is 6.03 Å². The molecule has 2 amide bonds. The molecule has 1 aromatic carbocycles. The number of carbonyl (C=O) groups excluding carboxylic acids is 1. The van der Waals surface area contributed by atoms with E-state index in [1.165, 1.54) is 11.1 Å². The Morgan fingerprint density at radius 1 is 1.32 bits per heavy atom. The quantitative estimate of drug-likeness (QED) is 0.765. The average molecular weight is 348 g/mol. The number of likely N-dealkylation sites (N-methyl/N-ethyl adjacent to an activating group) is 2. The number of amides is 2. The average Bonchev–Trinajstić information content (AvgIpc) is 2.57. The number of rotatable bonds is 7. The Hall–Kier alpha value is -1.63. The van der Waals surface area contributed by atoms with Crippen LogP contribution in [0.25, 0.3) is 0 Å². The first-order valence-corrected chi connectivity index (χ1v) is 9.07. The maximum absolute atomic E-state index is 12.2. The Balaban J connectivity index is 1.65. The van der Waals surface area contributed by atoms with Gasteiger partial charge in [-0.25, -0.2) is 4.79 Å². The molecule has 1 atom stereocenters. The standard InChI is InChI=1S/C19H32N4O2/c1-16-5-4-6-17(13-16)7-8-20-19(25)22(3)14-18(24)15-23-11-9-21(2)10-12-23/h4-6,13,18,24H,7-12,14-15H2,1-3H3,(H,20,25). The Kier molecular flexibility index (Phi) is 7.68. The molecule has 0 spiro atoms. The van der Waals surface area contributed by atoms with E-state index in [2.05, 4.69) is 47.3 Å². The van der Waals surface area contributed by atoms with Crippen molar-refractivity contribution in [3.63, 3.8) is 0 Å². The van der Waals surface area contributed by atoms with E-state index in [1.807, 2.05) is 6.07 Å². The fraction of sp³-hybridized carbons (Fsp3) is 0.632. The van der Waals surface area contributed by atoms with E-state index >= 15 is 0 Å². The molecule has 1 unspecified atom stereocenters. The molecule has 0 saturated carbocycles. The zero-order chi connectivity index (χ0) is 18.2. The fourth-order valence-electron chi connectivity index (χ4n) is 3.10. The van der Waals surface area contributed by atoms with Crippen LogP contribution in [0.1, 0.15) is 11.1 Å². The number of urea groups is 1. The Labute approximate surface area is 151 Å². The molecule has 25 heavy (non-hydrogen) atoms. The van der Waals surface area contributed by atoms with Crippen molar-refractivity contribution in [2.45, 2.75) is 19.4 Å². The van der Waals surface area contributed by atoms with Crippen molar-refractivity contribution >= 4 is 6.03 Å². The second-order valence-corrected chi connectivity index (χ2v) is 7.11. The molecule has 1 aliphatic heterocycles. The third-order valence-corrected chi connectivity index (χ3v) is 4.67. The lowest BCUT2D eigenvalue weighted by Gasteiger charge is -2.34. The molecule has 6 nitrogen and oxygen atoms in total. The van der Waals surface area contributed by atoms with Crippen molar-refractivity contribution < 1.29 is 9.90 Å². The van der Waals surface area contributed by atoms with Gasteiger partial charge in [0.15, 0.2) is 0 Å². The third-order valence-electron chi connectivity index (χ3n) is 4.67. The van der Waals surface area contributed by atoms with Crippen molar-refractivity contribution in [1.82, 2.24) is 20.0 Å². The lowest BCUT2D eigenvalue weighted by Crippen LogP contribution is -2.49. The van der Waals surface area contributed by atoms with Gasteiger partial charge in [-0.2, -0.15) is 0 Å². The molecule has 0 bridgehead atoms. The summed E-state index contributed by atoms with van der Waals surface area (Å²) in [6.45, 7) is 7.64. The van der Waals surface area contributed by atoms with Gasteiger partial charge in [0.05, 0.1) is 6.10 Å². The maximum Gasteiger partial charge on any atom is 0.317 e. The fourth-order valence-corrected chi connectivity index (χ4v) is 3.10. The highest BCUT2D eigenvalue weighted by molar-refractivity contribution is 5.73. The topological polar surface area (TPSA) is 59.1 Å². The number of aryl methyl sites for hydroxylation is 1. The minimum absolute atomic E-state index is 0.134. The van der Waals surface area contributed by atoms with Gasteiger partial charge in [0, 0.05) is 52.9 Å². The molecule has 1 aliphatic rings. The van der Waals surface area contributed by atoms with E-state index < -0.39 is 6.10 Å². The van der Waals surface area contributed by atoms with Gasteiger partial charge in [-0.05, 0) is 26.0 Å². The van der Waals surface area contributed by atoms with Gasteiger partial charge in [0.1, 0.15) is 0 Å². The zero-order valence-electron chi connectivity index (χ0n) is 15.7. The molecule has 140 valence electrons. The van der Waals surface area contributed by atoms with Gasteiger partial charge in [-0.1, -0.05) is 29.8 Å². The number of hydrogen-bond acceptors (Lipinski definition) is 4. The van der Waals surface area contributed by atoms with Crippen molar-refractivity contribution in [3.05, 3.63) is 35.4 Å². The van der Waals surface area contributed by atoms with E-state index in [9.17, 15) is 9.90 Å². The summed E-state index contributed by atoms with van der Waals surface area (Å²) in [4.78, 5) is 18.3. The Morgan fingerprint density at radius 3 is 2.72 bits per heavy atom. The van der Waals surface area contributed by atoms with Crippen molar-refractivity contribution in [1.29, 1.82) is 0 Å². The molecule has 2 rings (SSSR count). The van der Waals surface area contributed by atoms with Crippen LogP contribution in [0, 0.1) is 6.92 Å². The molecule has 1 saturated heterocycles. The normalized spacial score (nSPS) is 17.3. The second-order valence-electron chi connectivity index (χ2n) is 7.11. The largest absolute Gasteiger partial charge is 0.390 e. The predicted octanol–water partition coefficient (Wildman–Crippen LogP) is 0.787. The van der Waals surface area contributed by atoms with Crippen LogP contribution in [0.3, 0.4) is 0 Å². The summed E-state index contributed by atoms with van der Waals surface area (Å²) in [5.74, 6) is 0. The minimum atomic E-state index is -0.518. The molecule has 1 fully saturated rings. The number of aliphatic hydroxyl groups is 1. The van der Waals surface area contributed by atoms with Crippen molar-refractivity contribution in [2.24, 2.45) is 0 Å². The van der Waals surface area contributed by atoms with Crippen molar-refractivity contribution in [2.75, 3.05) is 59.9 Å². The summed E-state index contributed by atoms with van der Waals surface area (Å²) in [6, 6.07) is 8.17. The molecule has 0 aliphatic carbocycles. The van der Waals surface area contributed by atoms with Gasteiger partial charge in [0.25, 0.3) is 0 Å². The maximum atomic E-state index is 12.2. The smallest absolute Gasteiger partial charge is 0.317 e. The first kappa shape index (κ1) is 19.7. The summed E-state index contributed by atoms with van der Waals surface area (Å²) in [5.41, 5.74) is 2.45. The van der Waals surface area contributed by atoms with Crippen LogP contribution in [0.5, 0.6) is 0 Å². The summed E-state index contributed by atoms with van der Waals surface area (Å²) >= 11 is 0. The highest BCUT2D eigenvalue weighted by atomic mass is 16.3. The minimum Gasteiger partial charge on any atom is -0.390 e. The number of hydrogen-bond donors (Lipinski definition) is 2. The monoisotopic (exact) mass is 348 g/mol. The summed E-state index contributed by atoms with van der Waals surface area (Å²) < 4.78 is 0. The number of β-amino-alcohol motifs (C(OH)–C–C–N with tert-alkyl or cyclic N) is 1. The number of aliphatic hydroxyl groups excluding tert-OH is 1. The van der Waals surface area contributed by atoms with Gasteiger partial charge in [-0.3, -0.25) is 4.90 Å². The number of nitrogens with zero attached hydrogens (tertiary/aromatic N) is 3. The van der Waals surface area contributed by atoms with Crippen LogP contribution in [0.15, 0.2) is 24.3 Å². The molecule has 1 heterocycles. The first-order chi connectivity index (χ1) is 11.9. The summed E-state index contributed by atoms with van der Waals surface area (Å²) in [5, 5.41) is 13.2. The van der Waals surface area contributed by atoms with Crippen LogP contribution in [-0.2, 0) is 6.42 Å². The van der Waals surface area contributed by atoms with E-state index in [0.29, 0.717) is 19.6 Å². The molecule has 1 aromatic rings. The van der Waals surface area contributed by atoms with E-state index in [1.54, 1.807) is 11.9 Å². The van der Waals surface area contributed by atoms with Crippen LogP contribution < -0.4 is 5.32 Å². The Morgan fingerprint density at radius 2 is 2.04 bits per heavy atom. The van der Waals surface area contributed by atoms with Crippen LogP contribution in [0.2, 0.25) is 0 Å². The molecule has 2 N–H and O–H groups in total. The lowest BCUT2D eigenvalue weighted by atomic mass is 10.1. The predicted molar refractivity (Wildman–Crippen MR) is 101 cm³/mol. The van der Waals surface area contributed by atoms with Crippen LogP contribution in [0.4, 0.5) is 4.79 Å². The first-order valence-electron chi connectivity index (χ1n) is 9.07. The lowest BCUT2D eigenvalue weighted by molar-refractivity contribution is 0.0658. The molecule has 0 aromatic heterocycles. The van der Waals surface area contributed by atoms with Crippen LogP contribution in [-0.4, -0.2) is 91.8 Å².